The number of anilines is 1. The summed E-state index contributed by atoms with van der Waals surface area (Å²) in [5.74, 6) is 0.866. The molecule has 1 aliphatic heterocycles. The van der Waals surface area contributed by atoms with Gasteiger partial charge >= 0.3 is 0 Å². The Labute approximate surface area is 144 Å². The molecule has 0 bridgehead atoms. The molecule has 7 nitrogen and oxygen atoms in total. The van der Waals surface area contributed by atoms with Crippen molar-refractivity contribution >= 4 is 34.2 Å². The van der Waals surface area contributed by atoms with Crippen molar-refractivity contribution in [2.75, 3.05) is 31.1 Å². The number of carbonyl (C=O) groups excluding carboxylic acids is 1. The SMILES string of the molecule is Cc1nsc(N2CCN(C(=O)Cn3nc(C)c(Cl)c3C)CC2)n1. The second-order valence-corrected chi connectivity index (χ2v) is 6.74. The maximum atomic E-state index is 12.5. The van der Waals surface area contributed by atoms with Crippen LogP contribution in [0, 0.1) is 20.8 Å². The first-order valence-corrected chi connectivity index (χ1v) is 8.63. The molecule has 1 fully saturated rings. The number of hydrogen-bond donors (Lipinski definition) is 0. The second-order valence-electron chi connectivity index (χ2n) is 5.63. The topological polar surface area (TPSA) is 67.2 Å². The molecule has 0 aromatic carbocycles. The minimum Gasteiger partial charge on any atom is -0.343 e. The van der Waals surface area contributed by atoms with Crippen LogP contribution in [0.2, 0.25) is 5.02 Å². The van der Waals surface area contributed by atoms with E-state index in [0.717, 1.165) is 35.4 Å². The fraction of sp³-hybridized carbons (Fsp3) is 0.571. The summed E-state index contributed by atoms with van der Waals surface area (Å²) in [6, 6.07) is 0. The van der Waals surface area contributed by atoms with Crippen molar-refractivity contribution in [1.29, 1.82) is 0 Å². The molecule has 0 aliphatic carbocycles. The van der Waals surface area contributed by atoms with Gasteiger partial charge in [-0.1, -0.05) is 11.6 Å². The standard InChI is InChI=1S/C14H19ClN6OS/c1-9-13(15)10(2)21(17-9)8-12(22)19-4-6-20(7-5-19)14-16-11(3)18-23-14/h4-8H2,1-3H3. The fourth-order valence-electron chi connectivity index (χ4n) is 2.62. The molecule has 2 aromatic heterocycles. The summed E-state index contributed by atoms with van der Waals surface area (Å²) in [5, 5.41) is 5.88. The lowest BCUT2D eigenvalue weighted by atomic mass is 10.3. The zero-order chi connectivity index (χ0) is 16.6. The van der Waals surface area contributed by atoms with E-state index < -0.39 is 0 Å². The maximum Gasteiger partial charge on any atom is 0.244 e. The van der Waals surface area contributed by atoms with E-state index in [1.54, 1.807) is 4.68 Å². The number of rotatable bonds is 3. The average molecular weight is 355 g/mol. The molecule has 1 amide bonds. The Bertz CT molecular complexity index is 719. The molecule has 23 heavy (non-hydrogen) atoms. The smallest absolute Gasteiger partial charge is 0.244 e. The third kappa shape index (κ3) is 3.32. The summed E-state index contributed by atoms with van der Waals surface area (Å²) < 4.78 is 5.89. The van der Waals surface area contributed by atoms with E-state index in [4.69, 9.17) is 11.6 Å². The molecule has 3 rings (SSSR count). The van der Waals surface area contributed by atoms with Gasteiger partial charge in [0.05, 0.1) is 16.4 Å². The molecule has 2 aromatic rings. The van der Waals surface area contributed by atoms with Gasteiger partial charge in [-0.25, -0.2) is 4.98 Å². The van der Waals surface area contributed by atoms with Crippen molar-refractivity contribution in [1.82, 2.24) is 24.0 Å². The monoisotopic (exact) mass is 354 g/mol. The van der Waals surface area contributed by atoms with E-state index >= 15 is 0 Å². The first-order valence-electron chi connectivity index (χ1n) is 7.48. The molecule has 124 valence electrons. The van der Waals surface area contributed by atoms with E-state index in [1.807, 2.05) is 25.7 Å². The summed E-state index contributed by atoms with van der Waals surface area (Å²) in [4.78, 5) is 20.9. The third-order valence-electron chi connectivity index (χ3n) is 4.00. The Balaban J connectivity index is 1.59. The number of aromatic nitrogens is 4. The molecular weight excluding hydrogens is 336 g/mol. The molecule has 0 spiro atoms. The number of hydrogen-bond acceptors (Lipinski definition) is 6. The van der Waals surface area contributed by atoms with Crippen LogP contribution in [-0.2, 0) is 11.3 Å². The van der Waals surface area contributed by atoms with E-state index in [9.17, 15) is 4.79 Å². The van der Waals surface area contributed by atoms with Gasteiger partial charge in [0, 0.05) is 37.7 Å². The zero-order valence-corrected chi connectivity index (χ0v) is 15.0. The van der Waals surface area contributed by atoms with Crippen LogP contribution in [0.4, 0.5) is 5.13 Å². The summed E-state index contributed by atoms with van der Waals surface area (Å²) in [6.45, 7) is 8.77. The van der Waals surface area contributed by atoms with Crippen LogP contribution in [-0.4, -0.2) is 56.1 Å². The van der Waals surface area contributed by atoms with Crippen LogP contribution in [0.15, 0.2) is 0 Å². The number of nitrogens with zero attached hydrogens (tertiary/aromatic N) is 6. The first-order chi connectivity index (χ1) is 11.0. The Morgan fingerprint density at radius 2 is 1.91 bits per heavy atom. The van der Waals surface area contributed by atoms with Gasteiger partial charge in [-0.15, -0.1) is 0 Å². The molecule has 0 N–H and O–H groups in total. The van der Waals surface area contributed by atoms with Crippen molar-refractivity contribution in [3.8, 4) is 0 Å². The highest BCUT2D eigenvalue weighted by atomic mass is 35.5. The summed E-state index contributed by atoms with van der Waals surface area (Å²) in [6.07, 6.45) is 0. The van der Waals surface area contributed by atoms with Crippen molar-refractivity contribution in [3.05, 3.63) is 22.2 Å². The lowest BCUT2D eigenvalue weighted by Gasteiger charge is -2.34. The van der Waals surface area contributed by atoms with Gasteiger partial charge in [-0.2, -0.15) is 9.47 Å². The average Bonchev–Trinajstić information content (AvgIpc) is 3.07. The van der Waals surface area contributed by atoms with Crippen molar-refractivity contribution in [3.63, 3.8) is 0 Å². The number of carbonyl (C=O) groups is 1. The molecule has 0 unspecified atom stereocenters. The van der Waals surface area contributed by atoms with Gasteiger partial charge in [0.2, 0.25) is 11.0 Å². The zero-order valence-electron chi connectivity index (χ0n) is 13.4. The molecule has 0 saturated carbocycles. The first kappa shape index (κ1) is 16.2. The number of halogens is 1. The van der Waals surface area contributed by atoms with Crippen molar-refractivity contribution in [2.24, 2.45) is 0 Å². The van der Waals surface area contributed by atoms with E-state index in [-0.39, 0.29) is 12.5 Å². The lowest BCUT2D eigenvalue weighted by molar-refractivity contribution is -0.132. The number of aryl methyl sites for hydroxylation is 2. The molecule has 1 aliphatic rings. The lowest BCUT2D eigenvalue weighted by Crippen LogP contribution is -2.49. The van der Waals surface area contributed by atoms with Gasteiger partial charge in [0.1, 0.15) is 12.4 Å². The number of piperazine rings is 1. The quantitative estimate of drug-likeness (QED) is 0.838. The fourth-order valence-corrected chi connectivity index (χ4v) is 3.48. The highest BCUT2D eigenvalue weighted by Crippen LogP contribution is 2.20. The highest BCUT2D eigenvalue weighted by molar-refractivity contribution is 7.09. The van der Waals surface area contributed by atoms with Crippen LogP contribution in [0.1, 0.15) is 17.2 Å². The summed E-state index contributed by atoms with van der Waals surface area (Å²) in [5.41, 5.74) is 1.59. The molecular formula is C14H19ClN6OS. The number of amides is 1. The van der Waals surface area contributed by atoms with Gasteiger partial charge in [0.25, 0.3) is 0 Å². The van der Waals surface area contributed by atoms with Gasteiger partial charge in [0.15, 0.2) is 0 Å². The van der Waals surface area contributed by atoms with Crippen LogP contribution in [0.25, 0.3) is 0 Å². The predicted molar refractivity (Wildman–Crippen MR) is 90.2 cm³/mol. The van der Waals surface area contributed by atoms with Crippen LogP contribution < -0.4 is 4.90 Å². The Morgan fingerprint density at radius 3 is 2.43 bits per heavy atom. The Kier molecular flexibility index (Phi) is 4.54. The predicted octanol–water partition coefficient (Wildman–Crippen LogP) is 1.66. The summed E-state index contributed by atoms with van der Waals surface area (Å²) >= 11 is 7.54. The van der Waals surface area contributed by atoms with Crippen LogP contribution in [0.3, 0.4) is 0 Å². The van der Waals surface area contributed by atoms with Gasteiger partial charge < -0.3 is 9.80 Å². The summed E-state index contributed by atoms with van der Waals surface area (Å²) in [7, 11) is 0. The van der Waals surface area contributed by atoms with Gasteiger partial charge in [-0.3, -0.25) is 9.48 Å². The largest absolute Gasteiger partial charge is 0.343 e. The molecule has 3 heterocycles. The molecule has 0 atom stereocenters. The molecule has 9 heteroatoms. The normalized spacial score (nSPS) is 15.3. The van der Waals surface area contributed by atoms with Crippen LogP contribution >= 0.6 is 23.1 Å². The minimum atomic E-state index is 0.0698. The third-order valence-corrected chi connectivity index (χ3v) is 5.41. The Morgan fingerprint density at radius 1 is 1.22 bits per heavy atom. The molecule has 0 radical (unpaired) electrons. The van der Waals surface area contributed by atoms with Gasteiger partial charge in [-0.05, 0) is 20.8 Å². The van der Waals surface area contributed by atoms with E-state index in [0.29, 0.717) is 18.1 Å². The van der Waals surface area contributed by atoms with E-state index in [1.165, 1.54) is 11.5 Å². The van der Waals surface area contributed by atoms with Crippen molar-refractivity contribution in [2.45, 2.75) is 27.3 Å². The van der Waals surface area contributed by atoms with E-state index in [2.05, 4.69) is 19.4 Å². The second kappa shape index (κ2) is 6.45. The highest BCUT2D eigenvalue weighted by Gasteiger charge is 2.24. The molecule has 1 saturated heterocycles. The van der Waals surface area contributed by atoms with Crippen molar-refractivity contribution < 1.29 is 4.79 Å². The Hall–Kier alpha value is -1.67. The maximum absolute atomic E-state index is 12.5. The minimum absolute atomic E-state index is 0.0698. The van der Waals surface area contributed by atoms with Crippen LogP contribution in [0.5, 0.6) is 0 Å².